The van der Waals surface area contributed by atoms with Crippen molar-refractivity contribution in [1.82, 2.24) is 5.32 Å². The zero-order valence-electron chi connectivity index (χ0n) is 7.66. The van der Waals surface area contributed by atoms with E-state index in [1.807, 2.05) is 6.07 Å². The van der Waals surface area contributed by atoms with Crippen molar-refractivity contribution in [3.05, 3.63) is 0 Å². The largest absolute Gasteiger partial charge is 0.409 e. The minimum atomic E-state index is -0.684. The van der Waals surface area contributed by atoms with Crippen LogP contribution in [-0.2, 0) is 4.79 Å². The van der Waals surface area contributed by atoms with Crippen LogP contribution < -0.4 is 5.32 Å². The van der Waals surface area contributed by atoms with E-state index in [9.17, 15) is 4.79 Å². The highest BCUT2D eigenvalue weighted by atomic mass is 16.4. The Hall–Kier alpha value is -1.57. The van der Waals surface area contributed by atoms with Gasteiger partial charge in [-0.05, 0) is 12.8 Å². The molecule has 0 bridgehead atoms. The Kier molecular flexibility index (Phi) is 1.92. The molecule has 1 heterocycles. The Morgan fingerprint density at radius 2 is 2.21 bits per heavy atom. The lowest BCUT2D eigenvalue weighted by atomic mass is 9.76. The molecule has 5 nitrogen and oxygen atoms in total. The Morgan fingerprint density at radius 1 is 1.57 bits per heavy atom. The van der Waals surface area contributed by atoms with Crippen LogP contribution in [0.1, 0.15) is 25.7 Å². The van der Waals surface area contributed by atoms with Crippen LogP contribution in [0.2, 0.25) is 0 Å². The maximum Gasteiger partial charge on any atom is 0.243 e. The minimum Gasteiger partial charge on any atom is -0.409 e. The molecule has 2 aliphatic rings. The quantitative estimate of drug-likeness (QED) is 0.436. The van der Waals surface area contributed by atoms with Crippen LogP contribution in [0.15, 0.2) is 5.16 Å². The molecule has 1 amide bonds. The van der Waals surface area contributed by atoms with Crippen molar-refractivity contribution in [1.29, 1.82) is 5.26 Å². The van der Waals surface area contributed by atoms with E-state index in [1.165, 1.54) is 0 Å². The number of nitrogens with one attached hydrogen (secondary N) is 1. The fraction of sp³-hybridized carbons (Fsp3) is 0.667. The highest BCUT2D eigenvalue weighted by Crippen LogP contribution is 2.47. The van der Waals surface area contributed by atoms with Gasteiger partial charge in [0.15, 0.2) is 5.84 Å². The fourth-order valence-corrected chi connectivity index (χ4v) is 2.54. The monoisotopic (exact) mass is 193 g/mol. The van der Waals surface area contributed by atoms with Gasteiger partial charge in [0.25, 0.3) is 0 Å². The van der Waals surface area contributed by atoms with Crippen LogP contribution in [-0.4, -0.2) is 17.0 Å². The number of amides is 1. The van der Waals surface area contributed by atoms with Crippen molar-refractivity contribution in [2.75, 3.05) is 0 Å². The summed E-state index contributed by atoms with van der Waals surface area (Å²) in [7, 11) is 0. The second-order valence-electron chi connectivity index (χ2n) is 3.86. The van der Waals surface area contributed by atoms with Crippen LogP contribution in [0.25, 0.3) is 0 Å². The second-order valence-corrected chi connectivity index (χ2v) is 3.86. The lowest BCUT2D eigenvalue weighted by Crippen LogP contribution is -2.32. The van der Waals surface area contributed by atoms with Crippen molar-refractivity contribution in [2.45, 2.75) is 25.7 Å². The van der Waals surface area contributed by atoms with Gasteiger partial charge in [0.05, 0.1) is 11.5 Å². The predicted octanol–water partition coefficient (Wildman–Crippen LogP) is 0.604. The summed E-state index contributed by atoms with van der Waals surface area (Å²) >= 11 is 0. The number of hydrogen-bond acceptors (Lipinski definition) is 4. The molecular formula is C9H11N3O2. The molecule has 0 aromatic rings. The molecule has 2 N–H and O–H groups in total. The molecule has 1 saturated carbocycles. The van der Waals surface area contributed by atoms with Crippen molar-refractivity contribution in [2.24, 2.45) is 16.5 Å². The van der Waals surface area contributed by atoms with E-state index in [0.29, 0.717) is 0 Å². The molecule has 0 aromatic heterocycles. The summed E-state index contributed by atoms with van der Waals surface area (Å²) in [6, 6.07) is 2.01. The maximum absolute atomic E-state index is 11.4. The molecule has 1 spiro atoms. The lowest BCUT2D eigenvalue weighted by molar-refractivity contribution is -0.122. The van der Waals surface area contributed by atoms with E-state index >= 15 is 0 Å². The Balaban J connectivity index is 2.44. The smallest absolute Gasteiger partial charge is 0.243 e. The van der Waals surface area contributed by atoms with Crippen LogP contribution in [0, 0.1) is 22.7 Å². The zero-order chi connectivity index (χ0) is 10.2. The summed E-state index contributed by atoms with van der Waals surface area (Å²) in [5.41, 5.74) is -0.527. The fourth-order valence-electron chi connectivity index (χ4n) is 2.54. The summed E-state index contributed by atoms with van der Waals surface area (Å²) in [5.74, 6) is -0.732. The standard InChI is InChI=1S/C9H11N3O2/c10-5-6-7(13)11-8(12-14)9(6)3-1-2-4-9/h6,14H,1-4H2,(H,11,12,13). The number of nitriles is 1. The third kappa shape index (κ3) is 0.939. The summed E-state index contributed by atoms with van der Waals surface area (Å²) in [6.45, 7) is 0. The van der Waals surface area contributed by atoms with Crippen molar-refractivity contribution >= 4 is 11.7 Å². The first-order chi connectivity index (χ1) is 6.74. The Morgan fingerprint density at radius 3 is 2.71 bits per heavy atom. The SMILES string of the molecule is N#CC1C(=O)N/C(=N\O)C12CCCC2. The third-order valence-corrected chi connectivity index (χ3v) is 3.25. The highest BCUT2D eigenvalue weighted by Gasteiger charge is 2.55. The number of hydrogen-bond donors (Lipinski definition) is 2. The molecule has 2 fully saturated rings. The van der Waals surface area contributed by atoms with Gasteiger partial charge >= 0.3 is 0 Å². The van der Waals surface area contributed by atoms with Crippen LogP contribution in [0.5, 0.6) is 0 Å². The number of carbonyl (C=O) groups excluding carboxylic acids is 1. The molecule has 5 heteroatoms. The van der Waals surface area contributed by atoms with Gasteiger partial charge in [-0.1, -0.05) is 18.0 Å². The third-order valence-electron chi connectivity index (χ3n) is 3.25. The highest BCUT2D eigenvalue weighted by molar-refractivity contribution is 6.11. The number of amidine groups is 1. The Labute approximate surface area is 81.4 Å². The topological polar surface area (TPSA) is 85.5 Å². The van der Waals surface area contributed by atoms with E-state index in [1.54, 1.807) is 0 Å². The van der Waals surface area contributed by atoms with E-state index in [0.717, 1.165) is 25.7 Å². The first-order valence-electron chi connectivity index (χ1n) is 4.67. The maximum atomic E-state index is 11.4. The molecule has 14 heavy (non-hydrogen) atoms. The predicted molar refractivity (Wildman–Crippen MR) is 47.4 cm³/mol. The average Bonchev–Trinajstić information content (AvgIpc) is 2.74. The van der Waals surface area contributed by atoms with Gasteiger partial charge in [-0.2, -0.15) is 5.26 Å². The first-order valence-corrected chi connectivity index (χ1v) is 4.67. The van der Waals surface area contributed by atoms with Gasteiger partial charge < -0.3 is 10.5 Å². The average molecular weight is 193 g/mol. The van der Waals surface area contributed by atoms with Crippen LogP contribution >= 0.6 is 0 Å². The molecule has 1 atom stereocenters. The van der Waals surface area contributed by atoms with Crippen molar-refractivity contribution in [3.63, 3.8) is 0 Å². The number of rotatable bonds is 0. The molecule has 0 aromatic carbocycles. The first kappa shape index (κ1) is 9.00. The van der Waals surface area contributed by atoms with Gasteiger partial charge in [-0.3, -0.25) is 4.79 Å². The van der Waals surface area contributed by atoms with Gasteiger partial charge in [0.1, 0.15) is 5.92 Å². The van der Waals surface area contributed by atoms with Crippen LogP contribution in [0.4, 0.5) is 0 Å². The normalized spacial score (nSPS) is 32.1. The van der Waals surface area contributed by atoms with E-state index in [4.69, 9.17) is 10.5 Å². The van der Waals surface area contributed by atoms with Gasteiger partial charge in [0.2, 0.25) is 5.91 Å². The number of nitrogens with zero attached hydrogens (tertiary/aromatic N) is 2. The summed E-state index contributed by atoms with van der Waals surface area (Å²) < 4.78 is 0. The van der Waals surface area contributed by atoms with Crippen molar-refractivity contribution < 1.29 is 10.0 Å². The Bertz CT molecular complexity index is 336. The minimum absolute atomic E-state index is 0.284. The molecule has 2 rings (SSSR count). The van der Waals surface area contributed by atoms with Gasteiger partial charge in [0, 0.05) is 0 Å². The summed E-state index contributed by atoms with van der Waals surface area (Å²) in [5, 5.41) is 23.3. The lowest BCUT2D eigenvalue weighted by Gasteiger charge is -2.22. The summed E-state index contributed by atoms with van der Waals surface area (Å²) in [4.78, 5) is 11.4. The molecule has 1 aliphatic carbocycles. The molecule has 74 valence electrons. The second kappa shape index (κ2) is 2.98. The van der Waals surface area contributed by atoms with E-state index in [-0.39, 0.29) is 11.7 Å². The number of oxime groups is 1. The zero-order valence-corrected chi connectivity index (χ0v) is 7.66. The molecular weight excluding hydrogens is 182 g/mol. The molecule has 1 saturated heterocycles. The summed E-state index contributed by atoms with van der Waals surface area (Å²) in [6.07, 6.45) is 3.46. The van der Waals surface area contributed by atoms with Crippen LogP contribution in [0.3, 0.4) is 0 Å². The van der Waals surface area contributed by atoms with Crippen molar-refractivity contribution in [3.8, 4) is 6.07 Å². The van der Waals surface area contributed by atoms with Gasteiger partial charge in [-0.25, -0.2) is 0 Å². The van der Waals surface area contributed by atoms with E-state index in [2.05, 4.69) is 10.5 Å². The molecule has 0 radical (unpaired) electrons. The van der Waals surface area contributed by atoms with Gasteiger partial charge in [-0.15, -0.1) is 0 Å². The number of carbonyl (C=O) groups is 1. The molecule has 1 unspecified atom stereocenters. The van der Waals surface area contributed by atoms with E-state index < -0.39 is 11.3 Å². The molecule has 1 aliphatic heterocycles.